The van der Waals surface area contributed by atoms with Gasteiger partial charge in [-0.15, -0.1) is 0 Å². The lowest BCUT2D eigenvalue weighted by Crippen LogP contribution is -1.95. The quantitative estimate of drug-likeness (QED) is 0.169. The lowest BCUT2D eigenvalue weighted by Gasteiger charge is -2.01. The van der Waals surface area contributed by atoms with E-state index in [4.69, 9.17) is 46.0 Å². The number of fused-ring (bicyclic) bond motifs is 1. The molecule has 0 bridgehead atoms. The number of halogens is 2. The van der Waals surface area contributed by atoms with Gasteiger partial charge in [-0.3, -0.25) is 15.0 Å². The SMILES string of the molecule is NC=O.Nc1ncnc2n[nH]c(Cc3cccc(Cl)c3)c12.[C-]#[N+]c1c(N)n[nH]c1Cc1cccc(Cl)c1. The number of H-pyrrole nitrogens is 2. The zero-order valence-corrected chi connectivity index (χ0v) is 20.8. The van der Waals surface area contributed by atoms with Crippen LogP contribution in [0.15, 0.2) is 54.9 Å². The van der Waals surface area contributed by atoms with Crippen molar-refractivity contribution in [2.45, 2.75) is 12.8 Å². The van der Waals surface area contributed by atoms with E-state index < -0.39 is 0 Å². The van der Waals surface area contributed by atoms with Crippen LogP contribution in [-0.4, -0.2) is 36.8 Å². The van der Waals surface area contributed by atoms with E-state index in [1.807, 2.05) is 48.5 Å². The molecule has 188 valence electrons. The first-order chi connectivity index (χ1) is 17.9. The van der Waals surface area contributed by atoms with Gasteiger partial charge in [-0.05, 0) is 35.4 Å². The fourth-order valence-electron chi connectivity index (χ4n) is 3.41. The third kappa shape index (κ3) is 7.17. The number of rotatable bonds is 4. The summed E-state index contributed by atoms with van der Waals surface area (Å²) in [5.74, 6) is 0.679. The van der Waals surface area contributed by atoms with Gasteiger partial charge in [-0.1, -0.05) is 47.5 Å². The maximum absolute atomic E-state index is 8.58. The van der Waals surface area contributed by atoms with Crippen molar-refractivity contribution >= 4 is 58.0 Å². The van der Waals surface area contributed by atoms with Crippen molar-refractivity contribution in [2.24, 2.45) is 5.73 Å². The van der Waals surface area contributed by atoms with Crippen LogP contribution in [0.3, 0.4) is 0 Å². The summed E-state index contributed by atoms with van der Waals surface area (Å²) >= 11 is 11.8. The molecular formula is C24H22Cl2N10O. The topological polar surface area (TPSA) is 183 Å². The van der Waals surface area contributed by atoms with E-state index in [0.29, 0.717) is 40.0 Å². The summed E-state index contributed by atoms with van der Waals surface area (Å²) in [4.78, 5) is 20.0. The third-order valence-corrected chi connectivity index (χ3v) is 5.42. The molecule has 11 nitrogen and oxygen atoms in total. The Hall–Kier alpha value is -4.66. The van der Waals surface area contributed by atoms with Gasteiger partial charge in [-0.25, -0.2) is 14.8 Å². The number of nitrogen functional groups attached to an aromatic ring is 2. The average Bonchev–Trinajstić information content (AvgIpc) is 3.43. The number of anilines is 2. The van der Waals surface area contributed by atoms with Gasteiger partial charge in [0.15, 0.2) is 11.5 Å². The van der Waals surface area contributed by atoms with Crippen molar-refractivity contribution in [1.82, 2.24) is 30.4 Å². The molecule has 0 saturated heterocycles. The summed E-state index contributed by atoms with van der Waals surface area (Å²) in [6.07, 6.45) is 2.89. The second-order valence-corrected chi connectivity index (χ2v) is 8.33. The number of nitrogens with two attached hydrogens (primary N) is 3. The van der Waals surface area contributed by atoms with Crippen LogP contribution in [-0.2, 0) is 17.6 Å². The Morgan fingerprint density at radius 2 is 1.46 bits per heavy atom. The number of nitrogens with zero attached hydrogens (tertiary/aromatic N) is 5. The molecule has 0 aliphatic heterocycles. The molecule has 5 aromatic rings. The van der Waals surface area contributed by atoms with E-state index in [2.05, 4.69) is 40.9 Å². The van der Waals surface area contributed by atoms with Crippen LogP contribution < -0.4 is 17.2 Å². The van der Waals surface area contributed by atoms with E-state index in [1.54, 1.807) is 0 Å². The predicted octanol–water partition coefficient (Wildman–Crippen LogP) is 4.07. The Kier molecular flexibility index (Phi) is 9.37. The second kappa shape index (κ2) is 12.9. The van der Waals surface area contributed by atoms with Crippen molar-refractivity contribution in [3.63, 3.8) is 0 Å². The molecule has 37 heavy (non-hydrogen) atoms. The van der Waals surface area contributed by atoms with Gasteiger partial charge < -0.3 is 17.2 Å². The molecule has 0 saturated carbocycles. The molecule has 0 unspecified atom stereocenters. The first-order valence-electron chi connectivity index (χ1n) is 10.6. The molecule has 3 heterocycles. The van der Waals surface area contributed by atoms with Crippen molar-refractivity contribution in [3.8, 4) is 0 Å². The molecule has 0 atom stereocenters. The Bertz CT molecular complexity index is 1540. The van der Waals surface area contributed by atoms with Crippen LogP contribution in [0.4, 0.5) is 17.3 Å². The van der Waals surface area contributed by atoms with Crippen LogP contribution in [0.1, 0.15) is 22.5 Å². The van der Waals surface area contributed by atoms with Gasteiger partial charge in [0.2, 0.25) is 12.1 Å². The van der Waals surface area contributed by atoms with E-state index in [9.17, 15) is 0 Å². The second-order valence-electron chi connectivity index (χ2n) is 7.46. The number of hydrogen-bond acceptors (Lipinski definition) is 7. The Morgan fingerprint density at radius 1 is 0.892 bits per heavy atom. The monoisotopic (exact) mass is 536 g/mol. The molecule has 1 amide bonds. The van der Waals surface area contributed by atoms with Crippen LogP contribution in [0.2, 0.25) is 10.0 Å². The number of benzene rings is 2. The van der Waals surface area contributed by atoms with Crippen LogP contribution in [0, 0.1) is 6.57 Å². The highest BCUT2D eigenvalue weighted by Crippen LogP contribution is 2.26. The highest BCUT2D eigenvalue weighted by Gasteiger charge is 2.12. The first kappa shape index (κ1) is 26.9. The van der Waals surface area contributed by atoms with Gasteiger partial charge in [0.25, 0.3) is 0 Å². The zero-order chi connectivity index (χ0) is 26.8. The highest BCUT2D eigenvalue weighted by atomic mass is 35.5. The van der Waals surface area contributed by atoms with Gasteiger partial charge in [0.05, 0.1) is 17.7 Å². The number of hydrogen-bond donors (Lipinski definition) is 5. The van der Waals surface area contributed by atoms with E-state index >= 15 is 0 Å². The molecule has 3 aromatic heterocycles. The number of amides is 1. The molecule has 2 aromatic carbocycles. The normalized spacial score (nSPS) is 9.97. The van der Waals surface area contributed by atoms with Crippen molar-refractivity contribution < 1.29 is 4.79 Å². The molecule has 5 rings (SSSR count). The fraction of sp³-hybridized carbons (Fsp3) is 0.0833. The summed E-state index contributed by atoms with van der Waals surface area (Å²) in [6, 6.07) is 15.1. The Morgan fingerprint density at radius 3 is 2.03 bits per heavy atom. The minimum atomic E-state index is 0.243. The summed E-state index contributed by atoms with van der Waals surface area (Å²) in [5, 5.41) is 15.8. The van der Waals surface area contributed by atoms with Crippen molar-refractivity contribution in [2.75, 3.05) is 11.5 Å². The smallest absolute Gasteiger partial charge is 0.250 e. The number of aromatic nitrogens is 6. The molecule has 0 spiro atoms. The minimum absolute atomic E-state index is 0.243. The van der Waals surface area contributed by atoms with Crippen LogP contribution in [0.5, 0.6) is 0 Å². The summed E-state index contributed by atoms with van der Waals surface area (Å²) in [7, 11) is 0. The lowest BCUT2D eigenvalue weighted by molar-refractivity contribution is -0.106. The number of primary amides is 1. The molecule has 0 radical (unpaired) electrons. The van der Waals surface area contributed by atoms with E-state index in [-0.39, 0.29) is 12.2 Å². The Balaban J connectivity index is 0.000000187. The summed E-state index contributed by atoms with van der Waals surface area (Å²) < 4.78 is 0. The van der Waals surface area contributed by atoms with Gasteiger partial charge in [-0.2, -0.15) is 10.2 Å². The van der Waals surface area contributed by atoms with Crippen LogP contribution >= 0.6 is 23.2 Å². The van der Waals surface area contributed by atoms with Gasteiger partial charge in [0, 0.05) is 28.6 Å². The maximum Gasteiger partial charge on any atom is 0.250 e. The predicted molar refractivity (Wildman–Crippen MR) is 144 cm³/mol. The highest BCUT2D eigenvalue weighted by molar-refractivity contribution is 6.30. The largest absolute Gasteiger partial charge is 0.391 e. The molecule has 0 fully saturated rings. The van der Waals surface area contributed by atoms with Crippen LogP contribution in [0.25, 0.3) is 15.9 Å². The molecule has 13 heteroatoms. The van der Waals surface area contributed by atoms with Gasteiger partial charge in [0.1, 0.15) is 12.1 Å². The molecule has 0 aliphatic carbocycles. The molecule has 0 aliphatic rings. The summed E-state index contributed by atoms with van der Waals surface area (Å²) in [6.45, 7) is 7.01. The number of carbonyl (C=O) groups is 1. The average molecular weight is 537 g/mol. The fourth-order valence-corrected chi connectivity index (χ4v) is 3.83. The lowest BCUT2D eigenvalue weighted by atomic mass is 10.1. The zero-order valence-electron chi connectivity index (χ0n) is 19.3. The minimum Gasteiger partial charge on any atom is -0.391 e. The number of nitrogens with one attached hydrogen (secondary N) is 2. The molecular weight excluding hydrogens is 515 g/mol. The van der Waals surface area contributed by atoms with E-state index in [1.165, 1.54) is 6.33 Å². The third-order valence-electron chi connectivity index (χ3n) is 4.95. The maximum atomic E-state index is 8.58. The first-order valence-corrected chi connectivity index (χ1v) is 11.4. The summed E-state index contributed by atoms with van der Waals surface area (Å²) in [5.41, 5.74) is 20.2. The van der Waals surface area contributed by atoms with Crippen molar-refractivity contribution in [1.29, 1.82) is 0 Å². The Labute approximate surface area is 221 Å². The standard InChI is InChI=1S/C12H10ClN5.C11H9ClN4.CH3NO/c13-8-3-1-2-7(4-8)5-9-10-11(14)15-6-16-12(10)18-17-9;1-14-10-9(15-16-11(10)13)6-7-3-2-4-8(12)5-7;2-1-3/h1-4,6H,5H2,(H3,14,15,16,17,18);2-5H,6H2,(H3,13,15,16);1H,(H2,2,3). The number of carbonyl (C=O) groups excluding carboxylic acids is 1. The molecule has 8 N–H and O–H groups in total. The number of aromatic amines is 2. The van der Waals surface area contributed by atoms with E-state index in [0.717, 1.165) is 27.9 Å². The van der Waals surface area contributed by atoms with Gasteiger partial charge >= 0.3 is 0 Å². The van der Waals surface area contributed by atoms with Crippen molar-refractivity contribution in [3.05, 3.63) is 98.8 Å².